The fourth-order valence-electron chi connectivity index (χ4n) is 0.242. The lowest BCUT2D eigenvalue weighted by Gasteiger charge is -2.05. The molecule has 1 unspecified atom stereocenters. The number of hydrogen-bond acceptors (Lipinski definition) is 2. The van der Waals surface area contributed by atoms with Crippen LogP contribution in [0.4, 0.5) is 4.79 Å². The first-order chi connectivity index (χ1) is 4.04. The van der Waals surface area contributed by atoms with E-state index in [1.165, 1.54) is 6.92 Å². The van der Waals surface area contributed by atoms with Crippen LogP contribution in [0.3, 0.4) is 0 Å². The maximum Gasteiger partial charge on any atom is 0.408 e. The number of rotatable bonds is 2. The Labute approximate surface area is 52.8 Å². The van der Waals surface area contributed by atoms with Gasteiger partial charge in [-0.2, -0.15) is 0 Å². The summed E-state index contributed by atoms with van der Waals surface area (Å²) in [6.45, 7) is 4.68. The number of carbonyl (C=O) groups is 1. The van der Waals surface area contributed by atoms with Crippen LogP contribution in [0.1, 0.15) is 6.92 Å². The van der Waals surface area contributed by atoms with Crippen molar-refractivity contribution in [3.05, 3.63) is 12.3 Å². The zero-order valence-electron chi connectivity index (χ0n) is 5.09. The minimum atomic E-state index is -1.21. The van der Waals surface area contributed by atoms with E-state index in [2.05, 4.69) is 6.58 Å². The Hall–Kier alpha value is -1.03. The number of carboxylic acid groups (broad SMARTS) is 1. The molecule has 0 saturated carbocycles. The lowest BCUT2D eigenvalue weighted by atomic mass is 10.3. The number of nitrogens with one attached hydrogen (secondary N) is 1. The SMILES string of the molecule is C=C(NC(=O)O)C(C)O. The predicted molar refractivity (Wildman–Crippen MR) is 32.0 cm³/mol. The van der Waals surface area contributed by atoms with E-state index < -0.39 is 12.2 Å². The molecule has 0 spiro atoms. The molecule has 0 rings (SSSR count). The smallest absolute Gasteiger partial charge is 0.408 e. The van der Waals surface area contributed by atoms with Gasteiger partial charge < -0.3 is 10.2 Å². The average molecular weight is 131 g/mol. The molecule has 0 heterocycles. The summed E-state index contributed by atoms with van der Waals surface area (Å²) in [5.41, 5.74) is 0.0856. The predicted octanol–water partition coefficient (Wildman–Crippen LogP) is 0.149. The largest absolute Gasteiger partial charge is 0.465 e. The molecule has 0 aliphatic rings. The van der Waals surface area contributed by atoms with Gasteiger partial charge in [0, 0.05) is 5.70 Å². The van der Waals surface area contributed by atoms with Crippen LogP contribution in [0.25, 0.3) is 0 Å². The molecule has 0 saturated heterocycles. The van der Waals surface area contributed by atoms with Crippen LogP contribution in [0.5, 0.6) is 0 Å². The van der Waals surface area contributed by atoms with Crippen LogP contribution in [-0.2, 0) is 0 Å². The van der Waals surface area contributed by atoms with E-state index in [1.807, 2.05) is 5.32 Å². The van der Waals surface area contributed by atoms with Gasteiger partial charge in [0.2, 0.25) is 0 Å². The highest BCUT2D eigenvalue weighted by Crippen LogP contribution is 1.90. The van der Waals surface area contributed by atoms with Crippen molar-refractivity contribution >= 4 is 6.09 Å². The lowest BCUT2D eigenvalue weighted by molar-refractivity contribution is 0.186. The Morgan fingerprint density at radius 1 is 1.78 bits per heavy atom. The number of hydrogen-bond donors (Lipinski definition) is 3. The molecular weight excluding hydrogens is 122 g/mol. The molecule has 3 N–H and O–H groups in total. The third-order valence-electron chi connectivity index (χ3n) is 0.772. The highest BCUT2D eigenvalue weighted by molar-refractivity contribution is 5.66. The van der Waals surface area contributed by atoms with Crippen molar-refractivity contribution in [1.29, 1.82) is 0 Å². The van der Waals surface area contributed by atoms with Crippen molar-refractivity contribution in [2.45, 2.75) is 13.0 Å². The van der Waals surface area contributed by atoms with Gasteiger partial charge in [-0.05, 0) is 6.92 Å². The lowest BCUT2D eigenvalue weighted by Crippen LogP contribution is -2.25. The van der Waals surface area contributed by atoms with E-state index in [9.17, 15) is 4.79 Å². The van der Waals surface area contributed by atoms with Gasteiger partial charge in [-0.3, -0.25) is 5.32 Å². The molecule has 0 fully saturated rings. The van der Waals surface area contributed by atoms with Crippen LogP contribution in [0, 0.1) is 0 Å². The van der Waals surface area contributed by atoms with Gasteiger partial charge in [-0.15, -0.1) is 0 Å². The first kappa shape index (κ1) is 7.97. The van der Waals surface area contributed by atoms with E-state index in [1.54, 1.807) is 0 Å². The van der Waals surface area contributed by atoms with Crippen LogP contribution >= 0.6 is 0 Å². The second kappa shape index (κ2) is 3.09. The fourth-order valence-corrected chi connectivity index (χ4v) is 0.242. The quantitative estimate of drug-likeness (QED) is 0.499. The maximum atomic E-state index is 9.83. The fraction of sp³-hybridized carbons (Fsp3) is 0.400. The van der Waals surface area contributed by atoms with E-state index in [4.69, 9.17) is 10.2 Å². The zero-order chi connectivity index (χ0) is 7.44. The summed E-state index contributed by atoms with van der Waals surface area (Å²) in [6.07, 6.45) is -2.04. The molecule has 0 radical (unpaired) electrons. The summed E-state index contributed by atoms with van der Waals surface area (Å²) in [7, 11) is 0. The van der Waals surface area contributed by atoms with Gasteiger partial charge in [-0.25, -0.2) is 4.79 Å². The highest BCUT2D eigenvalue weighted by atomic mass is 16.4. The van der Waals surface area contributed by atoms with Crippen molar-refractivity contribution in [1.82, 2.24) is 5.32 Å². The molecule has 4 heteroatoms. The first-order valence-electron chi connectivity index (χ1n) is 2.41. The second-order valence-corrected chi connectivity index (χ2v) is 1.63. The van der Waals surface area contributed by atoms with Crippen LogP contribution < -0.4 is 5.32 Å². The molecule has 9 heavy (non-hydrogen) atoms. The second-order valence-electron chi connectivity index (χ2n) is 1.63. The van der Waals surface area contributed by atoms with Crippen LogP contribution in [0.2, 0.25) is 0 Å². The highest BCUT2D eigenvalue weighted by Gasteiger charge is 2.03. The number of aliphatic hydroxyl groups is 1. The van der Waals surface area contributed by atoms with Crippen molar-refractivity contribution in [3.8, 4) is 0 Å². The molecule has 0 aliphatic carbocycles. The Morgan fingerprint density at radius 2 is 2.22 bits per heavy atom. The molecule has 4 nitrogen and oxygen atoms in total. The summed E-state index contributed by atoms with van der Waals surface area (Å²) < 4.78 is 0. The molecule has 1 atom stereocenters. The Balaban J connectivity index is 3.64. The van der Waals surface area contributed by atoms with Gasteiger partial charge >= 0.3 is 6.09 Å². The third-order valence-corrected chi connectivity index (χ3v) is 0.772. The normalized spacial score (nSPS) is 12.2. The van der Waals surface area contributed by atoms with E-state index in [0.29, 0.717) is 0 Å². The van der Waals surface area contributed by atoms with Crippen molar-refractivity contribution in [2.24, 2.45) is 0 Å². The third kappa shape index (κ3) is 3.54. The average Bonchev–Trinajstić information content (AvgIpc) is 1.63. The summed E-state index contributed by atoms with van der Waals surface area (Å²) in [6, 6.07) is 0. The number of amides is 1. The molecule has 0 aromatic carbocycles. The van der Waals surface area contributed by atoms with Crippen molar-refractivity contribution < 1.29 is 15.0 Å². The Bertz CT molecular complexity index is 130. The molecule has 0 bridgehead atoms. The summed E-state index contributed by atoms with van der Waals surface area (Å²) in [5, 5.41) is 18.6. The molecular formula is C5H9NO3. The Kier molecular flexibility index (Phi) is 2.73. The van der Waals surface area contributed by atoms with Gasteiger partial charge in [0.05, 0.1) is 6.10 Å². The molecule has 0 aliphatic heterocycles. The number of aliphatic hydroxyl groups excluding tert-OH is 1. The summed E-state index contributed by atoms with van der Waals surface area (Å²) in [4.78, 5) is 9.83. The Morgan fingerprint density at radius 3 is 2.33 bits per heavy atom. The van der Waals surface area contributed by atoms with Gasteiger partial charge in [-0.1, -0.05) is 6.58 Å². The van der Waals surface area contributed by atoms with Gasteiger partial charge in [0.1, 0.15) is 0 Å². The van der Waals surface area contributed by atoms with Crippen molar-refractivity contribution in [2.75, 3.05) is 0 Å². The monoisotopic (exact) mass is 131 g/mol. The topological polar surface area (TPSA) is 69.6 Å². The van der Waals surface area contributed by atoms with E-state index in [0.717, 1.165) is 0 Å². The minimum Gasteiger partial charge on any atom is -0.465 e. The van der Waals surface area contributed by atoms with Gasteiger partial charge in [0.25, 0.3) is 0 Å². The summed E-state index contributed by atoms with van der Waals surface area (Å²) in [5.74, 6) is 0. The molecule has 1 amide bonds. The van der Waals surface area contributed by atoms with E-state index >= 15 is 0 Å². The first-order valence-corrected chi connectivity index (χ1v) is 2.41. The van der Waals surface area contributed by atoms with Gasteiger partial charge in [0.15, 0.2) is 0 Å². The van der Waals surface area contributed by atoms with Crippen molar-refractivity contribution in [3.63, 3.8) is 0 Å². The summed E-state index contributed by atoms with van der Waals surface area (Å²) >= 11 is 0. The zero-order valence-corrected chi connectivity index (χ0v) is 5.09. The van der Waals surface area contributed by atoms with Crippen LogP contribution in [-0.4, -0.2) is 22.4 Å². The van der Waals surface area contributed by atoms with E-state index in [-0.39, 0.29) is 5.70 Å². The minimum absolute atomic E-state index is 0.0856. The molecule has 0 aromatic rings. The molecule has 52 valence electrons. The standard InChI is InChI=1S/C5H9NO3/c1-3(4(2)7)6-5(8)9/h4,6-7H,1H2,2H3,(H,8,9). The molecule has 0 aromatic heterocycles. The van der Waals surface area contributed by atoms with Crippen LogP contribution in [0.15, 0.2) is 12.3 Å². The maximum absolute atomic E-state index is 9.83.